The van der Waals surface area contributed by atoms with Gasteiger partial charge in [0.25, 0.3) is 5.91 Å². The summed E-state index contributed by atoms with van der Waals surface area (Å²) >= 11 is 0. The summed E-state index contributed by atoms with van der Waals surface area (Å²) in [6.07, 6.45) is -5.69. The Balaban J connectivity index is 2.09. The topological polar surface area (TPSA) is 55.4 Å². The van der Waals surface area contributed by atoms with Gasteiger partial charge in [0.15, 0.2) is 6.10 Å². The molecule has 4 nitrogen and oxygen atoms in total. The van der Waals surface area contributed by atoms with Crippen molar-refractivity contribution in [3.63, 3.8) is 0 Å². The molecule has 0 fully saturated rings. The molecule has 0 radical (unpaired) electrons. The second kappa shape index (κ2) is 7.82. The summed E-state index contributed by atoms with van der Waals surface area (Å²) in [6, 6.07) is 7.90. The lowest BCUT2D eigenvalue weighted by Crippen LogP contribution is -2.30. The van der Waals surface area contributed by atoms with Gasteiger partial charge in [-0.1, -0.05) is 23.8 Å². The normalized spacial score (nSPS) is 12.4. The van der Waals surface area contributed by atoms with Crippen LogP contribution in [0.3, 0.4) is 0 Å². The predicted molar refractivity (Wildman–Crippen MR) is 95.6 cm³/mol. The van der Waals surface area contributed by atoms with Crippen LogP contribution in [0.2, 0.25) is 0 Å². The summed E-state index contributed by atoms with van der Waals surface area (Å²) in [6.45, 7) is 6.80. The van der Waals surface area contributed by atoms with Crippen molar-refractivity contribution in [2.24, 2.45) is 0 Å². The summed E-state index contributed by atoms with van der Waals surface area (Å²) in [5.41, 5.74) is 1.92. The van der Waals surface area contributed by atoms with Crippen LogP contribution in [0, 0.1) is 20.8 Å². The average Bonchev–Trinajstić information content (AvgIpc) is 2.53. The van der Waals surface area contributed by atoms with E-state index in [2.05, 4.69) is 5.32 Å². The molecule has 0 saturated heterocycles. The molecule has 0 bridgehead atoms. The lowest BCUT2D eigenvalue weighted by molar-refractivity contribution is -0.137. The highest BCUT2D eigenvalue weighted by Crippen LogP contribution is 2.30. The quantitative estimate of drug-likeness (QED) is 0.776. The number of alkyl halides is 3. The van der Waals surface area contributed by atoms with Crippen LogP contribution in [-0.4, -0.2) is 18.0 Å². The van der Waals surface area contributed by atoms with Gasteiger partial charge in [0.2, 0.25) is 0 Å². The molecule has 0 saturated carbocycles. The smallest absolute Gasteiger partial charge is 0.416 e. The molecule has 1 atom stereocenters. The second-order valence-corrected chi connectivity index (χ2v) is 6.39. The molecular weight excluding hydrogens is 359 g/mol. The lowest BCUT2D eigenvalue weighted by atomic mass is 10.00. The van der Waals surface area contributed by atoms with E-state index in [0.29, 0.717) is 5.56 Å². The highest BCUT2D eigenvalue weighted by Gasteiger charge is 2.30. The van der Waals surface area contributed by atoms with Crippen LogP contribution in [0.15, 0.2) is 36.4 Å². The number of anilines is 1. The summed E-state index contributed by atoms with van der Waals surface area (Å²) in [7, 11) is 0. The van der Waals surface area contributed by atoms with Crippen molar-refractivity contribution in [1.82, 2.24) is 0 Å². The van der Waals surface area contributed by atoms with Crippen molar-refractivity contribution in [3.05, 3.63) is 64.2 Å². The first kappa shape index (κ1) is 20.5. The third-order valence-electron chi connectivity index (χ3n) is 3.99. The number of carbonyl (C=O) groups excluding carboxylic acids is 2. The molecule has 0 aliphatic heterocycles. The average molecular weight is 379 g/mol. The van der Waals surface area contributed by atoms with Gasteiger partial charge in [-0.15, -0.1) is 0 Å². The number of carbonyl (C=O) groups is 2. The van der Waals surface area contributed by atoms with Crippen molar-refractivity contribution >= 4 is 17.6 Å². The Labute approximate surface area is 155 Å². The number of hydrogen-bond acceptors (Lipinski definition) is 3. The van der Waals surface area contributed by atoms with Crippen molar-refractivity contribution in [2.75, 3.05) is 5.32 Å². The fourth-order valence-corrected chi connectivity index (χ4v) is 2.79. The number of aryl methyl sites for hydroxylation is 3. The number of nitrogens with one attached hydrogen (secondary N) is 1. The van der Waals surface area contributed by atoms with Gasteiger partial charge in [0.1, 0.15) is 0 Å². The zero-order chi connectivity index (χ0) is 20.4. The summed E-state index contributed by atoms with van der Waals surface area (Å²) in [5.74, 6) is -1.37. The molecule has 1 amide bonds. The summed E-state index contributed by atoms with van der Waals surface area (Å²) in [5, 5.41) is 2.33. The molecule has 0 spiro atoms. The Bertz CT molecular complexity index is 852. The zero-order valence-corrected chi connectivity index (χ0v) is 15.4. The van der Waals surface area contributed by atoms with E-state index in [1.807, 2.05) is 19.1 Å². The Morgan fingerprint density at radius 3 is 2.19 bits per heavy atom. The number of halogens is 3. The highest BCUT2D eigenvalue weighted by molar-refractivity contribution is 5.98. The zero-order valence-electron chi connectivity index (χ0n) is 15.4. The number of esters is 1. The number of hydrogen-bond donors (Lipinski definition) is 1. The summed E-state index contributed by atoms with van der Waals surface area (Å²) < 4.78 is 43.4. The SMILES string of the molecule is Cc1cc(C)c(C(=O)OC(C)C(=O)Nc2cccc(C(F)(F)F)c2)c(C)c1. The van der Waals surface area contributed by atoms with E-state index in [4.69, 9.17) is 4.74 Å². The minimum atomic E-state index is -4.51. The number of benzene rings is 2. The van der Waals surface area contributed by atoms with Crippen LogP contribution in [0.1, 0.15) is 39.5 Å². The third kappa shape index (κ3) is 5.09. The molecule has 0 aliphatic rings. The van der Waals surface area contributed by atoms with Crippen LogP contribution >= 0.6 is 0 Å². The van der Waals surface area contributed by atoms with E-state index in [1.54, 1.807) is 13.8 Å². The van der Waals surface area contributed by atoms with Crippen molar-refractivity contribution in [2.45, 2.75) is 40.0 Å². The Hall–Kier alpha value is -2.83. The predicted octanol–water partition coefficient (Wildman–Crippen LogP) is 4.81. The van der Waals surface area contributed by atoms with Crippen LogP contribution < -0.4 is 5.32 Å². The van der Waals surface area contributed by atoms with E-state index in [-0.39, 0.29) is 5.69 Å². The van der Waals surface area contributed by atoms with Gasteiger partial charge in [-0.05, 0) is 57.0 Å². The first-order valence-electron chi connectivity index (χ1n) is 8.26. The number of rotatable bonds is 4. The van der Waals surface area contributed by atoms with E-state index in [1.165, 1.54) is 19.1 Å². The lowest BCUT2D eigenvalue weighted by Gasteiger charge is -2.16. The first-order chi connectivity index (χ1) is 12.5. The van der Waals surface area contributed by atoms with E-state index in [0.717, 1.165) is 28.8 Å². The highest BCUT2D eigenvalue weighted by atomic mass is 19.4. The minimum absolute atomic E-state index is 0.0274. The monoisotopic (exact) mass is 379 g/mol. The van der Waals surface area contributed by atoms with Gasteiger partial charge in [-0.3, -0.25) is 4.79 Å². The molecule has 1 unspecified atom stereocenters. The van der Waals surface area contributed by atoms with Gasteiger partial charge in [-0.25, -0.2) is 4.79 Å². The molecule has 7 heteroatoms. The Kier molecular flexibility index (Phi) is 5.93. The Morgan fingerprint density at radius 2 is 1.63 bits per heavy atom. The van der Waals surface area contributed by atoms with Crippen LogP contribution in [0.5, 0.6) is 0 Å². The molecule has 0 aliphatic carbocycles. The first-order valence-corrected chi connectivity index (χ1v) is 8.26. The molecular formula is C20H20F3NO3. The van der Waals surface area contributed by atoms with Crippen LogP contribution in [0.4, 0.5) is 18.9 Å². The largest absolute Gasteiger partial charge is 0.449 e. The molecule has 27 heavy (non-hydrogen) atoms. The molecule has 0 aromatic heterocycles. The van der Waals surface area contributed by atoms with Gasteiger partial charge < -0.3 is 10.1 Å². The molecule has 2 aromatic rings. The van der Waals surface area contributed by atoms with E-state index < -0.39 is 29.7 Å². The van der Waals surface area contributed by atoms with Crippen molar-refractivity contribution in [3.8, 4) is 0 Å². The van der Waals surface area contributed by atoms with Crippen molar-refractivity contribution in [1.29, 1.82) is 0 Å². The molecule has 2 rings (SSSR count). The maximum absolute atomic E-state index is 12.7. The third-order valence-corrected chi connectivity index (χ3v) is 3.99. The standard InChI is InChI=1S/C20H20F3NO3/c1-11-8-12(2)17(13(3)9-11)19(26)27-14(4)18(25)24-16-7-5-6-15(10-16)20(21,22)23/h5-10,14H,1-4H3,(H,24,25). The molecule has 1 N–H and O–H groups in total. The van der Waals surface area contributed by atoms with Gasteiger partial charge in [0, 0.05) is 5.69 Å². The second-order valence-electron chi connectivity index (χ2n) is 6.39. The number of amides is 1. The minimum Gasteiger partial charge on any atom is -0.449 e. The van der Waals surface area contributed by atoms with Crippen LogP contribution in [-0.2, 0) is 15.7 Å². The maximum Gasteiger partial charge on any atom is 0.416 e. The fourth-order valence-electron chi connectivity index (χ4n) is 2.79. The summed E-state index contributed by atoms with van der Waals surface area (Å²) in [4.78, 5) is 24.6. The Morgan fingerprint density at radius 1 is 1.04 bits per heavy atom. The molecule has 0 heterocycles. The van der Waals surface area contributed by atoms with E-state index in [9.17, 15) is 22.8 Å². The maximum atomic E-state index is 12.7. The molecule has 2 aromatic carbocycles. The van der Waals surface area contributed by atoms with Crippen LogP contribution in [0.25, 0.3) is 0 Å². The van der Waals surface area contributed by atoms with E-state index >= 15 is 0 Å². The molecule has 144 valence electrons. The van der Waals surface area contributed by atoms with Gasteiger partial charge in [0.05, 0.1) is 11.1 Å². The number of ether oxygens (including phenoxy) is 1. The van der Waals surface area contributed by atoms with Crippen molar-refractivity contribution < 1.29 is 27.5 Å². The van der Waals surface area contributed by atoms with Gasteiger partial charge >= 0.3 is 12.1 Å². The van der Waals surface area contributed by atoms with Gasteiger partial charge in [-0.2, -0.15) is 13.2 Å². The fraction of sp³-hybridized carbons (Fsp3) is 0.300.